The molecule has 0 heterocycles. The lowest BCUT2D eigenvalue weighted by molar-refractivity contribution is 0.403. The van der Waals surface area contributed by atoms with Gasteiger partial charge in [-0.15, -0.1) is 0 Å². The minimum absolute atomic E-state index is 0.0154. The van der Waals surface area contributed by atoms with E-state index in [1.165, 1.54) is 48.9 Å². The minimum atomic E-state index is -4.05. The summed E-state index contributed by atoms with van der Waals surface area (Å²) in [6.45, 7) is 4.06. The quantitative estimate of drug-likeness (QED) is 0.659. The van der Waals surface area contributed by atoms with E-state index in [2.05, 4.69) is 4.72 Å². The van der Waals surface area contributed by atoms with Gasteiger partial charge in [-0.3, -0.25) is 4.72 Å². The van der Waals surface area contributed by atoms with Gasteiger partial charge in [-0.25, -0.2) is 16.8 Å². The number of hydrogen-bond donors (Lipinski definition) is 1. The lowest BCUT2D eigenvalue weighted by Gasteiger charge is -2.20. The molecule has 28 heavy (non-hydrogen) atoms. The predicted octanol–water partition coefficient (Wildman–Crippen LogP) is 2.54. The molecule has 154 valence electrons. The maximum Gasteiger partial charge on any atom is 0.265 e. The zero-order valence-corrected chi connectivity index (χ0v) is 17.8. The number of sulfonamides is 2. The number of hydrogen-bond acceptors (Lipinski definition) is 6. The van der Waals surface area contributed by atoms with Gasteiger partial charge < -0.3 is 9.47 Å². The molecule has 2 aromatic rings. The van der Waals surface area contributed by atoms with E-state index in [1.54, 1.807) is 26.0 Å². The van der Waals surface area contributed by atoms with Crippen molar-refractivity contribution in [3.63, 3.8) is 0 Å². The monoisotopic (exact) mass is 428 g/mol. The van der Waals surface area contributed by atoms with E-state index in [4.69, 9.17) is 9.47 Å². The van der Waals surface area contributed by atoms with Gasteiger partial charge in [0.15, 0.2) is 0 Å². The van der Waals surface area contributed by atoms with Crippen LogP contribution in [0.5, 0.6) is 11.5 Å². The summed E-state index contributed by atoms with van der Waals surface area (Å²) >= 11 is 0. The number of methoxy groups -OCH3 is 2. The van der Waals surface area contributed by atoms with Crippen molar-refractivity contribution < 1.29 is 26.3 Å². The smallest absolute Gasteiger partial charge is 0.265 e. The summed E-state index contributed by atoms with van der Waals surface area (Å²) in [4.78, 5) is -0.105. The second-order valence-electron chi connectivity index (χ2n) is 5.71. The van der Waals surface area contributed by atoms with Gasteiger partial charge >= 0.3 is 0 Å². The third kappa shape index (κ3) is 4.40. The third-order valence-electron chi connectivity index (χ3n) is 4.12. The molecule has 0 unspecified atom stereocenters. The highest BCUT2D eigenvalue weighted by Gasteiger charge is 2.25. The number of ether oxygens (including phenoxy) is 2. The van der Waals surface area contributed by atoms with Gasteiger partial charge in [-0.05, 0) is 30.3 Å². The topological polar surface area (TPSA) is 102 Å². The van der Waals surface area contributed by atoms with E-state index in [9.17, 15) is 16.8 Å². The summed E-state index contributed by atoms with van der Waals surface area (Å²) < 4.78 is 65.2. The molecule has 2 aromatic carbocycles. The number of para-hydroxylation sites is 1. The van der Waals surface area contributed by atoms with Crippen LogP contribution in [0, 0.1) is 0 Å². The van der Waals surface area contributed by atoms with Crippen LogP contribution >= 0.6 is 0 Å². The summed E-state index contributed by atoms with van der Waals surface area (Å²) in [7, 11) is -5.07. The molecule has 0 aliphatic heterocycles. The van der Waals surface area contributed by atoms with Crippen molar-refractivity contribution in [1.29, 1.82) is 0 Å². The van der Waals surface area contributed by atoms with E-state index >= 15 is 0 Å². The highest BCUT2D eigenvalue weighted by molar-refractivity contribution is 7.92. The number of nitrogens with zero attached hydrogens (tertiary/aromatic N) is 1. The van der Waals surface area contributed by atoms with E-state index in [0.29, 0.717) is 13.1 Å². The van der Waals surface area contributed by atoms with Gasteiger partial charge in [0, 0.05) is 13.1 Å². The molecule has 10 heteroatoms. The summed E-state index contributed by atoms with van der Waals surface area (Å²) in [5, 5.41) is 0. The van der Waals surface area contributed by atoms with Gasteiger partial charge in [-0.2, -0.15) is 4.31 Å². The van der Waals surface area contributed by atoms with Crippen molar-refractivity contribution in [3.05, 3.63) is 42.5 Å². The van der Waals surface area contributed by atoms with Gasteiger partial charge in [0.25, 0.3) is 10.0 Å². The number of anilines is 1. The zero-order valence-electron chi connectivity index (χ0n) is 16.2. The van der Waals surface area contributed by atoms with E-state index in [0.717, 1.165) is 0 Å². The second kappa shape index (κ2) is 8.80. The van der Waals surface area contributed by atoms with E-state index in [1.807, 2.05) is 0 Å². The van der Waals surface area contributed by atoms with Crippen LogP contribution < -0.4 is 14.2 Å². The minimum Gasteiger partial charge on any atom is -0.495 e. The summed E-state index contributed by atoms with van der Waals surface area (Å²) in [5.74, 6) is 0.359. The summed E-state index contributed by atoms with van der Waals surface area (Å²) in [5.41, 5.74) is 0.0154. The Kier molecular flexibility index (Phi) is 6.91. The van der Waals surface area contributed by atoms with Crippen LogP contribution in [-0.2, 0) is 20.0 Å². The number of rotatable bonds is 9. The zero-order chi connectivity index (χ0) is 20.9. The Morgan fingerprint density at radius 3 is 2.07 bits per heavy atom. The van der Waals surface area contributed by atoms with Crippen molar-refractivity contribution in [1.82, 2.24) is 4.31 Å². The van der Waals surface area contributed by atoms with Crippen molar-refractivity contribution in [2.45, 2.75) is 23.6 Å². The van der Waals surface area contributed by atoms with Gasteiger partial charge in [-0.1, -0.05) is 26.0 Å². The molecule has 0 fully saturated rings. The molecular weight excluding hydrogens is 404 g/mol. The van der Waals surface area contributed by atoms with Crippen molar-refractivity contribution >= 4 is 25.7 Å². The number of nitrogens with one attached hydrogen (secondary N) is 1. The Morgan fingerprint density at radius 1 is 0.893 bits per heavy atom. The molecule has 0 radical (unpaired) electrons. The molecule has 0 saturated heterocycles. The van der Waals surface area contributed by atoms with Crippen molar-refractivity contribution in [2.24, 2.45) is 0 Å². The highest BCUT2D eigenvalue weighted by atomic mass is 32.2. The molecule has 8 nitrogen and oxygen atoms in total. The average molecular weight is 429 g/mol. The first-order chi connectivity index (χ1) is 13.2. The van der Waals surface area contributed by atoms with E-state index < -0.39 is 20.0 Å². The molecule has 0 aromatic heterocycles. The lowest BCUT2D eigenvalue weighted by Crippen LogP contribution is -2.30. The molecule has 0 amide bonds. The second-order valence-corrected chi connectivity index (χ2v) is 9.30. The Hall–Kier alpha value is -2.30. The molecular formula is C18H24N2O6S2. The molecule has 0 aliphatic rings. The Labute approximate surface area is 166 Å². The summed E-state index contributed by atoms with van der Waals surface area (Å²) in [6, 6.07) is 10.2. The predicted molar refractivity (Wildman–Crippen MR) is 107 cm³/mol. The first-order valence-electron chi connectivity index (χ1n) is 8.55. The van der Waals surface area contributed by atoms with Gasteiger partial charge in [0.05, 0.1) is 24.8 Å². The third-order valence-corrected chi connectivity index (χ3v) is 7.57. The Morgan fingerprint density at radius 2 is 1.50 bits per heavy atom. The molecule has 2 rings (SSSR count). The Balaban J connectivity index is 2.53. The largest absolute Gasteiger partial charge is 0.495 e. The normalized spacial score (nSPS) is 12.0. The van der Waals surface area contributed by atoms with Crippen LogP contribution in [0.15, 0.2) is 52.3 Å². The Bertz CT molecular complexity index is 1030. The van der Waals surface area contributed by atoms with Crippen LogP contribution in [0.25, 0.3) is 0 Å². The highest BCUT2D eigenvalue weighted by Crippen LogP contribution is 2.32. The molecule has 0 spiro atoms. The van der Waals surface area contributed by atoms with Gasteiger partial charge in [0.1, 0.15) is 16.4 Å². The lowest BCUT2D eigenvalue weighted by atomic mass is 10.3. The fourth-order valence-electron chi connectivity index (χ4n) is 2.68. The van der Waals surface area contributed by atoms with Crippen LogP contribution in [0.3, 0.4) is 0 Å². The van der Waals surface area contributed by atoms with Crippen LogP contribution in [0.1, 0.15) is 13.8 Å². The molecule has 0 atom stereocenters. The molecule has 0 bridgehead atoms. The van der Waals surface area contributed by atoms with Crippen molar-refractivity contribution in [3.8, 4) is 11.5 Å². The standard InChI is InChI=1S/C18H24N2O6S2/c1-5-20(6-2)28(23,24)14-11-12-16(25-3)15(13-14)19-27(21,22)18-10-8-7-9-17(18)26-4/h7-13,19H,5-6H2,1-4H3. The molecule has 0 saturated carbocycles. The first-order valence-corrected chi connectivity index (χ1v) is 11.5. The van der Waals surface area contributed by atoms with E-state index in [-0.39, 0.29) is 27.0 Å². The number of benzene rings is 2. The van der Waals surface area contributed by atoms with Crippen molar-refractivity contribution in [2.75, 3.05) is 32.0 Å². The van der Waals surface area contributed by atoms with Crippen LogP contribution in [-0.4, -0.2) is 48.4 Å². The molecule has 0 aliphatic carbocycles. The maximum absolute atomic E-state index is 12.9. The maximum atomic E-state index is 12.9. The fraction of sp³-hybridized carbons (Fsp3) is 0.333. The van der Waals surface area contributed by atoms with Crippen LogP contribution in [0.4, 0.5) is 5.69 Å². The fourth-order valence-corrected chi connectivity index (χ4v) is 5.40. The van der Waals surface area contributed by atoms with Gasteiger partial charge in [0.2, 0.25) is 10.0 Å². The van der Waals surface area contributed by atoms with Crippen LogP contribution in [0.2, 0.25) is 0 Å². The average Bonchev–Trinajstić information content (AvgIpc) is 2.68. The SMILES string of the molecule is CCN(CC)S(=O)(=O)c1ccc(OC)c(NS(=O)(=O)c2ccccc2OC)c1. The summed E-state index contributed by atoms with van der Waals surface area (Å²) in [6.07, 6.45) is 0. The molecule has 1 N–H and O–H groups in total. The first kappa shape index (κ1) is 22.0.